The minimum absolute atomic E-state index is 0.148. The molecule has 0 saturated carbocycles. The average molecular weight is 381 g/mol. The van der Waals surface area contributed by atoms with Crippen molar-refractivity contribution >= 4 is 5.97 Å². The van der Waals surface area contributed by atoms with E-state index in [1.807, 2.05) is 0 Å². The molecule has 0 aliphatic rings. The molecule has 0 unspecified atom stereocenters. The third-order valence-corrected chi connectivity index (χ3v) is 4.77. The largest absolute Gasteiger partial charge is 0.504 e. The monoisotopic (exact) mass is 380 g/mol. The lowest BCUT2D eigenvalue weighted by Gasteiger charge is -2.08. The van der Waals surface area contributed by atoms with Gasteiger partial charge in [-0.2, -0.15) is 0 Å². The van der Waals surface area contributed by atoms with Crippen molar-refractivity contribution in [1.29, 1.82) is 0 Å². The summed E-state index contributed by atoms with van der Waals surface area (Å²) in [6, 6.07) is 4.75. The first kappa shape index (κ1) is 23.1. The Morgan fingerprint density at radius 2 is 1.22 bits per heavy atom. The van der Waals surface area contributed by atoms with Gasteiger partial charge in [0.25, 0.3) is 0 Å². The molecule has 0 aliphatic carbocycles. The van der Waals surface area contributed by atoms with Crippen LogP contribution in [0.4, 0.5) is 0 Å². The molecule has 0 amide bonds. The fourth-order valence-electron chi connectivity index (χ4n) is 3.13. The van der Waals surface area contributed by atoms with Crippen LogP contribution in [0.3, 0.4) is 0 Å². The maximum absolute atomic E-state index is 10.4. The second-order valence-electron chi connectivity index (χ2n) is 7.21. The van der Waals surface area contributed by atoms with Crippen molar-refractivity contribution in [2.24, 2.45) is 0 Å². The molecule has 0 bridgehead atoms. The van der Waals surface area contributed by atoms with E-state index in [0.717, 1.165) is 32.1 Å². The van der Waals surface area contributed by atoms with E-state index < -0.39 is 5.97 Å². The Labute approximate surface area is 163 Å². The molecule has 5 nitrogen and oxygen atoms in total. The Morgan fingerprint density at radius 3 is 1.74 bits per heavy atom. The molecule has 154 valence electrons. The predicted molar refractivity (Wildman–Crippen MR) is 108 cm³/mol. The van der Waals surface area contributed by atoms with E-state index in [2.05, 4.69) is 0 Å². The number of unbranched alkanes of at least 4 members (excludes halogenated alkanes) is 12. The third-order valence-electron chi connectivity index (χ3n) is 4.77. The van der Waals surface area contributed by atoms with Crippen LogP contribution in [0, 0.1) is 0 Å². The van der Waals surface area contributed by atoms with Crippen molar-refractivity contribution < 1.29 is 24.9 Å². The van der Waals surface area contributed by atoms with Gasteiger partial charge >= 0.3 is 5.97 Å². The van der Waals surface area contributed by atoms with Crippen LogP contribution in [0.2, 0.25) is 0 Å². The Kier molecular flexibility index (Phi) is 13.0. The summed E-state index contributed by atoms with van der Waals surface area (Å²) in [7, 11) is 0. The van der Waals surface area contributed by atoms with Crippen molar-refractivity contribution in [2.45, 2.75) is 89.9 Å². The van der Waals surface area contributed by atoms with Crippen molar-refractivity contribution in [3.8, 4) is 17.2 Å². The lowest BCUT2D eigenvalue weighted by molar-refractivity contribution is -0.137. The Hall–Kier alpha value is -1.91. The lowest BCUT2D eigenvalue weighted by Crippen LogP contribution is -1.97. The van der Waals surface area contributed by atoms with Crippen LogP contribution in [0.25, 0.3) is 0 Å². The van der Waals surface area contributed by atoms with Crippen molar-refractivity contribution in [3.05, 3.63) is 18.2 Å². The number of aliphatic carboxylic acids is 1. The fourth-order valence-corrected chi connectivity index (χ4v) is 3.13. The first-order valence-corrected chi connectivity index (χ1v) is 10.5. The number of hydrogen-bond acceptors (Lipinski definition) is 4. The predicted octanol–water partition coefficient (Wildman–Crippen LogP) is 6.02. The Bertz CT molecular complexity index is 515. The molecule has 27 heavy (non-hydrogen) atoms. The Balaban J connectivity index is 1.80. The molecule has 1 aromatic carbocycles. The average Bonchev–Trinajstić information content (AvgIpc) is 2.64. The Morgan fingerprint density at radius 1 is 0.741 bits per heavy atom. The fraction of sp³-hybridized carbons (Fsp3) is 0.682. The van der Waals surface area contributed by atoms with Gasteiger partial charge in [-0.25, -0.2) is 0 Å². The second-order valence-corrected chi connectivity index (χ2v) is 7.21. The zero-order chi connectivity index (χ0) is 19.7. The summed E-state index contributed by atoms with van der Waals surface area (Å²) in [4.78, 5) is 10.4. The maximum atomic E-state index is 10.4. The van der Waals surface area contributed by atoms with Gasteiger partial charge in [0.2, 0.25) is 5.75 Å². The molecule has 0 heterocycles. The third kappa shape index (κ3) is 12.2. The number of phenolic OH excluding ortho intramolecular Hbond substituents is 2. The van der Waals surface area contributed by atoms with Crippen LogP contribution < -0.4 is 4.74 Å². The lowest BCUT2D eigenvalue weighted by atomic mass is 10.0. The molecule has 0 spiro atoms. The maximum Gasteiger partial charge on any atom is 0.303 e. The highest BCUT2D eigenvalue weighted by molar-refractivity contribution is 5.66. The van der Waals surface area contributed by atoms with Gasteiger partial charge in [0, 0.05) is 6.42 Å². The highest BCUT2D eigenvalue weighted by Gasteiger charge is 2.06. The number of phenols is 2. The number of carboxylic acids is 1. The van der Waals surface area contributed by atoms with E-state index in [4.69, 9.17) is 9.84 Å². The molecule has 0 aliphatic heterocycles. The van der Waals surface area contributed by atoms with E-state index in [1.165, 1.54) is 57.4 Å². The minimum atomic E-state index is -0.682. The highest BCUT2D eigenvalue weighted by atomic mass is 16.5. The summed E-state index contributed by atoms with van der Waals surface area (Å²) >= 11 is 0. The second kappa shape index (κ2) is 15.2. The van der Waals surface area contributed by atoms with Crippen LogP contribution in [0.5, 0.6) is 17.2 Å². The standard InChI is InChI=1S/C22H36O5/c23-19-15-14-16-20(22(19)26)27-18-13-11-9-7-5-3-1-2-4-6-8-10-12-17-21(24)25/h14-16,23,26H,1-13,17-18H2,(H,24,25). The van der Waals surface area contributed by atoms with Crippen molar-refractivity contribution in [1.82, 2.24) is 0 Å². The molecule has 0 radical (unpaired) electrons. The van der Waals surface area contributed by atoms with Gasteiger partial charge in [-0.05, 0) is 25.0 Å². The summed E-state index contributed by atoms with van der Waals surface area (Å²) in [5, 5.41) is 27.6. The topological polar surface area (TPSA) is 87.0 Å². The van der Waals surface area contributed by atoms with E-state index in [9.17, 15) is 15.0 Å². The zero-order valence-corrected chi connectivity index (χ0v) is 16.5. The zero-order valence-electron chi connectivity index (χ0n) is 16.5. The number of ether oxygens (including phenoxy) is 1. The molecule has 0 fully saturated rings. The summed E-state index contributed by atoms with van der Waals surface area (Å²) in [6.07, 6.45) is 15.5. The SMILES string of the molecule is O=C(O)CCCCCCCCCCCCCCCOc1cccc(O)c1O. The van der Waals surface area contributed by atoms with Crippen LogP contribution in [0.15, 0.2) is 18.2 Å². The van der Waals surface area contributed by atoms with Gasteiger partial charge in [-0.3, -0.25) is 4.79 Å². The molecule has 0 saturated heterocycles. The first-order valence-electron chi connectivity index (χ1n) is 10.5. The minimum Gasteiger partial charge on any atom is -0.504 e. The molecule has 0 aromatic heterocycles. The molecule has 3 N–H and O–H groups in total. The number of carboxylic acid groups (broad SMARTS) is 1. The van der Waals surface area contributed by atoms with E-state index in [1.54, 1.807) is 12.1 Å². The number of hydrogen-bond donors (Lipinski definition) is 3. The number of aromatic hydroxyl groups is 2. The molecule has 0 atom stereocenters. The molecule has 1 rings (SSSR count). The van der Waals surface area contributed by atoms with Gasteiger partial charge in [0.1, 0.15) is 0 Å². The smallest absolute Gasteiger partial charge is 0.303 e. The highest BCUT2D eigenvalue weighted by Crippen LogP contribution is 2.34. The van der Waals surface area contributed by atoms with Crippen molar-refractivity contribution in [2.75, 3.05) is 6.61 Å². The quantitative estimate of drug-likeness (QED) is 0.227. The molecular formula is C22H36O5. The van der Waals surface area contributed by atoms with E-state index in [0.29, 0.717) is 18.8 Å². The van der Waals surface area contributed by atoms with Gasteiger partial charge in [0.05, 0.1) is 6.61 Å². The summed E-state index contributed by atoms with van der Waals surface area (Å²) in [5.74, 6) is -0.668. The number of carbonyl (C=O) groups is 1. The van der Waals surface area contributed by atoms with Crippen LogP contribution in [-0.4, -0.2) is 27.9 Å². The number of benzene rings is 1. The van der Waals surface area contributed by atoms with Gasteiger partial charge in [-0.1, -0.05) is 76.7 Å². The number of rotatable bonds is 17. The van der Waals surface area contributed by atoms with Crippen LogP contribution in [0.1, 0.15) is 89.9 Å². The summed E-state index contributed by atoms with van der Waals surface area (Å²) in [6.45, 7) is 0.559. The molecule has 1 aromatic rings. The first-order chi connectivity index (χ1) is 13.1. The number of para-hydroxylation sites is 1. The normalized spacial score (nSPS) is 10.8. The molecular weight excluding hydrogens is 344 g/mol. The van der Waals surface area contributed by atoms with E-state index >= 15 is 0 Å². The van der Waals surface area contributed by atoms with Gasteiger partial charge < -0.3 is 20.1 Å². The van der Waals surface area contributed by atoms with Gasteiger partial charge in [0.15, 0.2) is 11.5 Å². The van der Waals surface area contributed by atoms with E-state index in [-0.39, 0.29) is 11.5 Å². The van der Waals surface area contributed by atoms with Crippen LogP contribution in [-0.2, 0) is 4.79 Å². The summed E-state index contributed by atoms with van der Waals surface area (Å²) < 4.78 is 5.50. The van der Waals surface area contributed by atoms with Crippen molar-refractivity contribution in [3.63, 3.8) is 0 Å². The van der Waals surface area contributed by atoms with Gasteiger partial charge in [-0.15, -0.1) is 0 Å². The molecule has 5 heteroatoms. The summed E-state index contributed by atoms with van der Waals surface area (Å²) in [5.41, 5.74) is 0. The van der Waals surface area contributed by atoms with Crippen LogP contribution >= 0.6 is 0 Å².